The fourth-order valence-corrected chi connectivity index (χ4v) is 2.90. The summed E-state index contributed by atoms with van der Waals surface area (Å²) in [5.41, 5.74) is 4.19. The number of nitrogens with zero attached hydrogens (tertiary/aromatic N) is 2. The summed E-state index contributed by atoms with van der Waals surface area (Å²) in [7, 11) is 4.73. The lowest BCUT2D eigenvalue weighted by Crippen LogP contribution is -2.41. The molecule has 2 rings (SSSR count). The van der Waals surface area contributed by atoms with Crippen molar-refractivity contribution in [3.63, 3.8) is 0 Å². The van der Waals surface area contributed by atoms with Crippen molar-refractivity contribution in [3.05, 3.63) is 54.1 Å². The highest BCUT2D eigenvalue weighted by atomic mass is 32.1. The number of thiocarbonyl (C=S) groups is 1. The molecule has 22 heavy (non-hydrogen) atoms. The van der Waals surface area contributed by atoms with Crippen LogP contribution in [0, 0.1) is 6.92 Å². The van der Waals surface area contributed by atoms with Crippen LogP contribution in [0.2, 0.25) is 0 Å². The first-order valence-corrected chi connectivity index (χ1v) is 8.00. The molecule has 5 heteroatoms. The first-order valence-electron chi connectivity index (χ1n) is 6.78. The quantitative estimate of drug-likeness (QED) is 0.675. The lowest BCUT2D eigenvalue weighted by atomic mass is 10.0. The van der Waals surface area contributed by atoms with Gasteiger partial charge in [-0.3, -0.25) is 0 Å². The number of anilines is 1. The van der Waals surface area contributed by atoms with Gasteiger partial charge in [-0.05, 0) is 47.8 Å². The third-order valence-corrected chi connectivity index (χ3v) is 3.87. The molecule has 0 aliphatic carbocycles. The normalized spacial score (nSPS) is 10.2. The predicted octanol–water partition coefficient (Wildman–Crippen LogP) is 4.16. The molecular weight excluding hydrogens is 312 g/mol. The van der Waals surface area contributed by atoms with Gasteiger partial charge in [0, 0.05) is 24.0 Å². The molecular formula is C17H18N2OS2. The zero-order chi connectivity index (χ0) is 16.1. The van der Waals surface area contributed by atoms with E-state index in [1.807, 2.05) is 49.4 Å². The van der Waals surface area contributed by atoms with E-state index in [1.165, 1.54) is 0 Å². The molecule has 2 aromatic carbocycles. The molecule has 0 aliphatic heterocycles. The van der Waals surface area contributed by atoms with Crippen LogP contribution in [0.25, 0.3) is 11.1 Å². The van der Waals surface area contributed by atoms with E-state index in [2.05, 4.69) is 29.4 Å². The third-order valence-electron chi connectivity index (χ3n) is 3.18. The average molecular weight is 330 g/mol. The molecule has 0 saturated heterocycles. The second kappa shape index (κ2) is 7.49. The summed E-state index contributed by atoms with van der Waals surface area (Å²) in [5, 5.41) is 13.9. The van der Waals surface area contributed by atoms with Gasteiger partial charge in [0.1, 0.15) is 0 Å². The Bertz CT molecular complexity index is 747. The van der Waals surface area contributed by atoms with Crippen LogP contribution in [0.5, 0.6) is 0 Å². The zero-order valence-electron chi connectivity index (χ0n) is 12.8. The maximum absolute atomic E-state index is 10.3. The molecule has 0 radical (unpaired) electrons. The molecule has 1 N–H and O–H groups in total. The minimum atomic E-state index is 0.0704. The smallest absolute Gasteiger partial charge is 0.227 e. The van der Waals surface area contributed by atoms with E-state index in [9.17, 15) is 5.11 Å². The molecule has 0 heterocycles. The van der Waals surface area contributed by atoms with Gasteiger partial charge in [-0.25, -0.2) is 10.0 Å². The number of aliphatic hydroxyl groups excluding tert-OH is 1. The fourth-order valence-electron chi connectivity index (χ4n) is 2.25. The van der Waals surface area contributed by atoms with E-state index in [4.69, 9.17) is 12.2 Å². The Morgan fingerprint density at radius 2 is 1.82 bits per heavy atom. The number of aliphatic hydroxyl groups is 1. The Hall–Kier alpha value is -1.75. The van der Waals surface area contributed by atoms with Gasteiger partial charge >= 0.3 is 0 Å². The molecule has 3 nitrogen and oxygen atoms in total. The van der Waals surface area contributed by atoms with Gasteiger partial charge in [0.05, 0.1) is 5.69 Å². The van der Waals surface area contributed by atoms with Gasteiger partial charge in [-0.15, -0.1) is 0 Å². The molecule has 0 fully saturated rings. The Morgan fingerprint density at radius 3 is 2.41 bits per heavy atom. The average Bonchev–Trinajstić information content (AvgIpc) is 2.50. The molecule has 0 aliphatic rings. The lowest BCUT2D eigenvalue weighted by molar-refractivity contribution is 0.393. The monoisotopic (exact) mass is 330 g/mol. The summed E-state index contributed by atoms with van der Waals surface area (Å²) in [6.45, 7) is 2.05. The Labute approximate surface area is 139 Å². The maximum atomic E-state index is 10.3. The maximum Gasteiger partial charge on any atom is 0.227 e. The molecule has 0 amide bonds. The van der Waals surface area contributed by atoms with Crippen molar-refractivity contribution in [1.29, 1.82) is 0 Å². The summed E-state index contributed by atoms with van der Waals surface area (Å²) < 4.78 is 2.49. The number of benzene rings is 2. The van der Waals surface area contributed by atoms with Gasteiger partial charge in [0.2, 0.25) is 5.17 Å². The molecule has 0 unspecified atom stereocenters. The van der Waals surface area contributed by atoms with Crippen molar-refractivity contribution in [2.75, 3.05) is 19.1 Å². The van der Waals surface area contributed by atoms with Crippen LogP contribution in [-0.2, 0) is 0 Å². The fraction of sp³-hybridized carbons (Fsp3) is 0.176. The lowest BCUT2D eigenvalue weighted by Gasteiger charge is -2.30. The molecule has 2 aromatic rings. The van der Waals surface area contributed by atoms with E-state index >= 15 is 0 Å². The van der Waals surface area contributed by atoms with Crippen LogP contribution in [0.4, 0.5) is 5.69 Å². The molecule has 114 valence electrons. The summed E-state index contributed by atoms with van der Waals surface area (Å²) in [6, 6.07) is 16.2. The molecule has 0 atom stereocenters. The van der Waals surface area contributed by atoms with Crippen LogP contribution >= 0.6 is 23.2 Å². The standard InChI is InChI=1S/C17H18N2OS2/c1-13-9-10-16(19(18(2)3)17(20)22-12-21)15(11-13)14-7-5-4-6-8-14/h4-11,20H,1-3H3. The predicted molar refractivity (Wildman–Crippen MR) is 101 cm³/mol. The van der Waals surface area contributed by atoms with Crippen molar-refractivity contribution in [1.82, 2.24) is 5.01 Å². The van der Waals surface area contributed by atoms with Crippen molar-refractivity contribution in [2.45, 2.75) is 6.92 Å². The topological polar surface area (TPSA) is 26.7 Å². The van der Waals surface area contributed by atoms with E-state index in [0.717, 1.165) is 33.3 Å². The van der Waals surface area contributed by atoms with E-state index in [-0.39, 0.29) is 5.17 Å². The molecule has 0 spiro atoms. The zero-order valence-corrected chi connectivity index (χ0v) is 14.4. The summed E-state index contributed by atoms with van der Waals surface area (Å²) in [5.74, 6) is 0. The summed E-state index contributed by atoms with van der Waals surface area (Å²) >= 11 is 4.72. The summed E-state index contributed by atoms with van der Waals surface area (Å²) in [6.07, 6.45) is 0. The van der Waals surface area contributed by atoms with E-state index in [0.29, 0.717) is 0 Å². The van der Waals surface area contributed by atoms with Crippen molar-refractivity contribution >= 4 is 38.3 Å². The van der Waals surface area contributed by atoms with Crippen LogP contribution in [0.15, 0.2) is 48.5 Å². The summed E-state index contributed by atoms with van der Waals surface area (Å²) in [4.78, 5) is 0. The SMILES string of the molecule is Cc1ccc(N(C(O)=S=C=S)N(C)C)c(-c2ccccc2)c1. The minimum Gasteiger partial charge on any atom is -0.337 e. The van der Waals surface area contributed by atoms with Gasteiger partial charge in [-0.1, -0.05) is 42.0 Å². The number of hydrogen-bond acceptors (Lipinski definition) is 2. The highest BCUT2D eigenvalue weighted by Gasteiger charge is 2.18. The van der Waals surface area contributed by atoms with Crippen molar-refractivity contribution in [3.8, 4) is 11.1 Å². The van der Waals surface area contributed by atoms with Gasteiger partial charge in [0.15, 0.2) is 0 Å². The first kappa shape index (κ1) is 16.6. The number of rotatable bonds is 3. The second-order valence-corrected chi connectivity index (χ2v) is 6.25. The third kappa shape index (κ3) is 3.71. The largest absolute Gasteiger partial charge is 0.337 e. The minimum absolute atomic E-state index is 0.0704. The van der Waals surface area contributed by atoms with Crippen molar-refractivity contribution < 1.29 is 5.11 Å². The number of hydrazine groups is 1. The molecule has 0 aromatic heterocycles. The first-order chi connectivity index (χ1) is 10.5. The number of hydrogen-bond donors (Lipinski definition) is 1. The van der Waals surface area contributed by atoms with Crippen LogP contribution in [-0.4, -0.2) is 33.7 Å². The highest BCUT2D eigenvalue weighted by Crippen LogP contribution is 2.32. The van der Waals surface area contributed by atoms with Gasteiger partial charge in [0.25, 0.3) is 0 Å². The van der Waals surface area contributed by atoms with E-state index < -0.39 is 0 Å². The highest BCUT2D eigenvalue weighted by molar-refractivity contribution is 8.04. The second-order valence-electron chi connectivity index (χ2n) is 5.01. The van der Waals surface area contributed by atoms with Crippen LogP contribution in [0.3, 0.4) is 0 Å². The Morgan fingerprint density at radius 1 is 1.14 bits per heavy atom. The van der Waals surface area contributed by atoms with Crippen LogP contribution in [0.1, 0.15) is 5.56 Å². The van der Waals surface area contributed by atoms with E-state index in [1.54, 1.807) is 5.01 Å². The molecule has 0 bridgehead atoms. The van der Waals surface area contributed by atoms with Gasteiger partial charge < -0.3 is 5.11 Å². The number of aryl methyl sites for hydroxylation is 1. The Kier molecular flexibility index (Phi) is 5.66. The molecule has 0 saturated carbocycles. The van der Waals surface area contributed by atoms with Gasteiger partial charge in [-0.2, -0.15) is 0 Å². The Balaban J connectivity index is 2.69. The van der Waals surface area contributed by atoms with Crippen LogP contribution < -0.4 is 5.01 Å². The van der Waals surface area contributed by atoms with Crippen molar-refractivity contribution in [2.24, 2.45) is 0 Å².